The quantitative estimate of drug-likeness (QED) is 0.831. The molecule has 1 atom stereocenters. The number of carbonyl (C=O) groups excluding carboxylic acids is 1. The number of hydrogen-bond donors (Lipinski definition) is 1. The molecular formula is C19H20F3NO2. The largest absolute Gasteiger partial charge is 0.484 e. The summed E-state index contributed by atoms with van der Waals surface area (Å²) < 4.78 is 43.1. The van der Waals surface area contributed by atoms with Crippen LogP contribution in [-0.4, -0.2) is 12.5 Å². The summed E-state index contributed by atoms with van der Waals surface area (Å²) in [5.74, 6) is -0.394. The number of halogens is 3. The van der Waals surface area contributed by atoms with Crippen LogP contribution in [0.2, 0.25) is 0 Å². The molecule has 2 aromatic rings. The van der Waals surface area contributed by atoms with Crippen LogP contribution < -0.4 is 10.1 Å². The Morgan fingerprint density at radius 1 is 1.16 bits per heavy atom. The van der Waals surface area contributed by atoms with Crippen LogP contribution in [-0.2, 0) is 17.4 Å². The highest BCUT2D eigenvalue weighted by molar-refractivity contribution is 5.78. The zero-order valence-corrected chi connectivity index (χ0v) is 14.1. The van der Waals surface area contributed by atoms with Crippen LogP contribution >= 0.6 is 0 Å². The zero-order valence-electron chi connectivity index (χ0n) is 14.1. The van der Waals surface area contributed by atoms with E-state index >= 15 is 0 Å². The Bertz CT molecular complexity index is 711. The Kier molecular flexibility index (Phi) is 6.07. The van der Waals surface area contributed by atoms with E-state index in [1.807, 2.05) is 31.2 Å². The van der Waals surface area contributed by atoms with Crippen LogP contribution in [0.5, 0.6) is 5.75 Å². The number of carbonyl (C=O) groups is 1. The average Bonchev–Trinajstić information content (AvgIpc) is 2.59. The summed E-state index contributed by atoms with van der Waals surface area (Å²) >= 11 is 0. The van der Waals surface area contributed by atoms with E-state index in [-0.39, 0.29) is 18.4 Å². The number of nitrogens with one attached hydrogen (secondary N) is 1. The molecule has 1 unspecified atom stereocenters. The molecular weight excluding hydrogens is 331 g/mol. The smallest absolute Gasteiger partial charge is 0.416 e. The highest BCUT2D eigenvalue weighted by atomic mass is 19.4. The van der Waals surface area contributed by atoms with Crippen LogP contribution in [0.25, 0.3) is 0 Å². The Balaban J connectivity index is 1.89. The fourth-order valence-electron chi connectivity index (χ4n) is 2.32. The van der Waals surface area contributed by atoms with Gasteiger partial charge in [-0.25, -0.2) is 0 Å². The highest BCUT2D eigenvalue weighted by Gasteiger charge is 2.30. The number of aryl methyl sites for hydroxylation is 1. The second-order valence-corrected chi connectivity index (χ2v) is 5.70. The van der Waals surface area contributed by atoms with Gasteiger partial charge in [0.1, 0.15) is 5.75 Å². The first-order valence-electron chi connectivity index (χ1n) is 7.98. The van der Waals surface area contributed by atoms with E-state index in [0.717, 1.165) is 24.1 Å². The van der Waals surface area contributed by atoms with Crippen molar-refractivity contribution in [3.05, 3.63) is 65.2 Å². The maximum atomic E-state index is 12.6. The maximum absolute atomic E-state index is 12.6. The first kappa shape index (κ1) is 18.8. The maximum Gasteiger partial charge on any atom is 0.416 e. The normalized spacial score (nSPS) is 12.5. The van der Waals surface area contributed by atoms with Gasteiger partial charge >= 0.3 is 6.18 Å². The lowest BCUT2D eigenvalue weighted by atomic mass is 10.1. The summed E-state index contributed by atoms with van der Waals surface area (Å²) in [6.07, 6.45) is -3.51. The molecule has 25 heavy (non-hydrogen) atoms. The molecule has 0 fully saturated rings. The van der Waals surface area contributed by atoms with Gasteiger partial charge in [-0.2, -0.15) is 13.2 Å². The van der Waals surface area contributed by atoms with Gasteiger partial charge in [-0.3, -0.25) is 4.79 Å². The van der Waals surface area contributed by atoms with Crippen molar-refractivity contribution < 1.29 is 22.7 Å². The van der Waals surface area contributed by atoms with Crippen molar-refractivity contribution in [3.63, 3.8) is 0 Å². The molecule has 0 saturated heterocycles. The molecule has 0 radical (unpaired) electrons. The number of amides is 1. The monoisotopic (exact) mass is 351 g/mol. The van der Waals surface area contributed by atoms with E-state index in [0.29, 0.717) is 0 Å². The molecule has 0 aliphatic heterocycles. The van der Waals surface area contributed by atoms with E-state index in [9.17, 15) is 18.0 Å². The van der Waals surface area contributed by atoms with E-state index in [4.69, 9.17) is 4.74 Å². The minimum atomic E-state index is -4.44. The van der Waals surface area contributed by atoms with Crippen molar-refractivity contribution in [1.29, 1.82) is 0 Å². The standard InChI is InChI=1S/C19H20F3NO2/c1-3-14-7-9-15(10-8-14)13(2)23-18(24)12-25-17-6-4-5-16(11-17)19(20,21)22/h4-11,13H,3,12H2,1-2H3,(H,23,24). The molecule has 0 bridgehead atoms. The fourth-order valence-corrected chi connectivity index (χ4v) is 2.32. The van der Waals surface area contributed by atoms with Crippen LogP contribution in [0, 0.1) is 0 Å². The molecule has 1 amide bonds. The van der Waals surface area contributed by atoms with Gasteiger partial charge < -0.3 is 10.1 Å². The van der Waals surface area contributed by atoms with E-state index in [1.54, 1.807) is 0 Å². The van der Waals surface area contributed by atoms with Crippen LogP contribution in [0.3, 0.4) is 0 Å². The molecule has 2 rings (SSSR count). The summed E-state index contributed by atoms with van der Waals surface area (Å²) in [5, 5.41) is 2.76. The Hall–Kier alpha value is -2.50. The lowest BCUT2D eigenvalue weighted by Gasteiger charge is -2.15. The van der Waals surface area contributed by atoms with Gasteiger partial charge in [-0.15, -0.1) is 0 Å². The summed E-state index contributed by atoms with van der Waals surface area (Å²) in [6.45, 7) is 3.55. The number of hydrogen-bond acceptors (Lipinski definition) is 2. The summed E-state index contributed by atoms with van der Waals surface area (Å²) in [6, 6.07) is 12.1. The molecule has 3 nitrogen and oxygen atoms in total. The molecule has 0 saturated carbocycles. The van der Waals surface area contributed by atoms with E-state index < -0.39 is 17.6 Å². The molecule has 0 aliphatic carbocycles. The molecule has 6 heteroatoms. The molecule has 1 N–H and O–H groups in total. The lowest BCUT2D eigenvalue weighted by molar-refractivity contribution is -0.137. The molecule has 0 heterocycles. The van der Waals surface area contributed by atoms with Crippen LogP contribution in [0.1, 0.15) is 36.6 Å². The first-order chi connectivity index (χ1) is 11.8. The number of rotatable bonds is 6. The molecule has 0 aliphatic rings. The van der Waals surface area contributed by atoms with Crippen molar-refractivity contribution in [3.8, 4) is 5.75 Å². The number of ether oxygens (including phenoxy) is 1. The number of benzene rings is 2. The van der Waals surface area contributed by atoms with Crippen LogP contribution in [0.15, 0.2) is 48.5 Å². The van der Waals surface area contributed by atoms with Crippen molar-refractivity contribution >= 4 is 5.91 Å². The third-order valence-electron chi connectivity index (χ3n) is 3.80. The van der Waals surface area contributed by atoms with Crippen molar-refractivity contribution in [2.24, 2.45) is 0 Å². The Morgan fingerprint density at radius 3 is 2.44 bits per heavy atom. The molecule has 2 aromatic carbocycles. The predicted molar refractivity (Wildman–Crippen MR) is 89.3 cm³/mol. The van der Waals surface area contributed by atoms with Crippen molar-refractivity contribution in [2.45, 2.75) is 32.5 Å². The van der Waals surface area contributed by atoms with Gasteiger partial charge in [-0.1, -0.05) is 37.3 Å². The minimum absolute atomic E-state index is 0.00456. The minimum Gasteiger partial charge on any atom is -0.484 e. The number of alkyl halides is 3. The SMILES string of the molecule is CCc1ccc(C(C)NC(=O)COc2cccc(C(F)(F)F)c2)cc1. The average molecular weight is 351 g/mol. The molecule has 134 valence electrons. The van der Waals surface area contributed by atoms with Crippen LogP contribution in [0.4, 0.5) is 13.2 Å². The summed E-state index contributed by atoms with van der Waals surface area (Å²) in [5.41, 5.74) is 1.34. The zero-order chi connectivity index (χ0) is 18.4. The highest BCUT2D eigenvalue weighted by Crippen LogP contribution is 2.31. The molecule has 0 aromatic heterocycles. The Morgan fingerprint density at radius 2 is 1.84 bits per heavy atom. The summed E-state index contributed by atoms with van der Waals surface area (Å²) in [7, 11) is 0. The van der Waals surface area contributed by atoms with Gasteiger partial charge in [0.2, 0.25) is 0 Å². The Labute approximate surface area is 144 Å². The first-order valence-corrected chi connectivity index (χ1v) is 7.98. The lowest BCUT2D eigenvalue weighted by Crippen LogP contribution is -2.31. The van der Waals surface area contributed by atoms with Gasteiger partial charge in [-0.05, 0) is 42.7 Å². The van der Waals surface area contributed by atoms with Gasteiger partial charge in [0.15, 0.2) is 6.61 Å². The fraction of sp³-hybridized carbons (Fsp3) is 0.316. The van der Waals surface area contributed by atoms with E-state index in [2.05, 4.69) is 12.2 Å². The third-order valence-corrected chi connectivity index (χ3v) is 3.80. The predicted octanol–water partition coefficient (Wildman–Crippen LogP) is 4.52. The van der Waals surface area contributed by atoms with E-state index in [1.165, 1.54) is 17.7 Å². The third kappa shape index (κ3) is 5.52. The second kappa shape index (κ2) is 8.05. The van der Waals surface area contributed by atoms with Gasteiger partial charge in [0.25, 0.3) is 5.91 Å². The van der Waals surface area contributed by atoms with Crippen molar-refractivity contribution in [2.75, 3.05) is 6.61 Å². The topological polar surface area (TPSA) is 38.3 Å². The summed E-state index contributed by atoms with van der Waals surface area (Å²) in [4.78, 5) is 11.9. The van der Waals surface area contributed by atoms with Crippen molar-refractivity contribution in [1.82, 2.24) is 5.32 Å². The molecule has 0 spiro atoms. The van der Waals surface area contributed by atoms with Gasteiger partial charge in [0, 0.05) is 0 Å². The second-order valence-electron chi connectivity index (χ2n) is 5.70. The van der Waals surface area contributed by atoms with Gasteiger partial charge in [0.05, 0.1) is 11.6 Å².